The summed E-state index contributed by atoms with van der Waals surface area (Å²) in [6.07, 6.45) is 0.756. The zero-order valence-corrected chi connectivity index (χ0v) is 21.2. The molecule has 0 aliphatic rings. The highest BCUT2D eigenvalue weighted by molar-refractivity contribution is 8.01. The number of nitrogens with zero attached hydrogens (tertiary/aromatic N) is 4. The molecule has 0 bridgehead atoms. The van der Waals surface area contributed by atoms with Gasteiger partial charge < -0.3 is 10.1 Å². The number of hydrogen-bond donors (Lipinski definition) is 1. The summed E-state index contributed by atoms with van der Waals surface area (Å²) in [5.74, 6) is -0.658. The summed E-state index contributed by atoms with van der Waals surface area (Å²) in [6, 6.07) is 0. The van der Waals surface area contributed by atoms with E-state index >= 15 is 0 Å². The smallest absolute Gasteiger partial charge is 0.341 e. The Bertz CT molecular complexity index is 1220. The third kappa shape index (κ3) is 5.02. The van der Waals surface area contributed by atoms with Crippen molar-refractivity contribution in [3.63, 3.8) is 0 Å². The predicted octanol–water partition coefficient (Wildman–Crippen LogP) is 3.68. The monoisotopic (exact) mass is 495 g/mol. The van der Waals surface area contributed by atoms with Gasteiger partial charge in [-0.3, -0.25) is 9.59 Å². The molecule has 12 heteroatoms. The molecule has 0 aromatic carbocycles. The number of ether oxygens (including phenoxy) is 1. The van der Waals surface area contributed by atoms with E-state index in [-0.39, 0.29) is 23.8 Å². The van der Waals surface area contributed by atoms with Gasteiger partial charge in [-0.1, -0.05) is 50.8 Å². The summed E-state index contributed by atoms with van der Waals surface area (Å²) in [5, 5.41) is 15.8. The van der Waals surface area contributed by atoms with Crippen molar-refractivity contribution >= 4 is 56.3 Å². The Hall–Kier alpha value is -2.31. The van der Waals surface area contributed by atoms with Crippen LogP contribution in [-0.2, 0) is 21.4 Å². The zero-order valence-electron chi connectivity index (χ0n) is 18.8. The van der Waals surface area contributed by atoms with E-state index in [0.717, 1.165) is 16.9 Å². The molecule has 1 amide bonds. The summed E-state index contributed by atoms with van der Waals surface area (Å²) in [5.41, 5.74) is 0.812. The number of aromatic nitrogens is 4. The van der Waals surface area contributed by atoms with Crippen LogP contribution in [0.15, 0.2) is 9.13 Å². The molecule has 0 atom stereocenters. The van der Waals surface area contributed by atoms with Gasteiger partial charge in [-0.05, 0) is 25.8 Å². The maximum atomic E-state index is 12.7. The van der Waals surface area contributed by atoms with Crippen molar-refractivity contribution in [2.45, 2.75) is 57.7 Å². The number of aryl methyl sites for hydroxylation is 1. The second-order valence-corrected chi connectivity index (χ2v) is 11.2. The number of amides is 1. The third-order valence-corrected chi connectivity index (χ3v) is 7.89. The number of thioether (sulfide) groups is 1. The fraction of sp³-hybridized carbons (Fsp3) is 0.500. The van der Waals surface area contributed by atoms with E-state index in [1.165, 1.54) is 39.0 Å². The van der Waals surface area contributed by atoms with Crippen LogP contribution < -0.4 is 10.9 Å². The summed E-state index contributed by atoms with van der Waals surface area (Å²) >= 11 is 3.77. The summed E-state index contributed by atoms with van der Waals surface area (Å²) in [6.45, 7) is 11.5. The number of carbonyl (C=O) groups excluding carboxylic acids is 2. The highest BCUT2D eigenvalue weighted by Gasteiger charge is 2.24. The minimum atomic E-state index is -0.450. The molecule has 0 fully saturated rings. The predicted molar refractivity (Wildman–Crippen MR) is 127 cm³/mol. The first-order valence-corrected chi connectivity index (χ1v) is 12.7. The van der Waals surface area contributed by atoms with E-state index in [2.05, 4.69) is 20.6 Å². The Balaban J connectivity index is 1.76. The molecule has 0 unspecified atom stereocenters. The van der Waals surface area contributed by atoms with Crippen molar-refractivity contribution in [3.05, 3.63) is 32.1 Å². The van der Waals surface area contributed by atoms with Crippen LogP contribution in [0, 0.1) is 6.92 Å². The normalized spacial score (nSPS) is 11.7. The van der Waals surface area contributed by atoms with Gasteiger partial charge in [0, 0.05) is 10.3 Å². The molecule has 3 rings (SSSR count). The SMILES string of the molecule is CCOC(=O)c1c(NC(=O)CSc2nn3c(=O)c(C(C)(C)C)nnc3s2)sc(CC)c1C. The molecule has 0 saturated carbocycles. The van der Waals surface area contributed by atoms with Gasteiger partial charge in [0.1, 0.15) is 10.7 Å². The van der Waals surface area contributed by atoms with Crippen molar-refractivity contribution in [2.75, 3.05) is 17.7 Å². The van der Waals surface area contributed by atoms with E-state index in [4.69, 9.17) is 4.74 Å². The summed E-state index contributed by atoms with van der Waals surface area (Å²) in [4.78, 5) is 39.0. The molecule has 1 N–H and O–H groups in total. The number of hydrogen-bond acceptors (Lipinski definition) is 10. The molecular formula is C20H25N5O4S3. The molecule has 3 heterocycles. The number of rotatable bonds is 7. The summed E-state index contributed by atoms with van der Waals surface area (Å²) in [7, 11) is 0. The molecule has 0 spiro atoms. The maximum Gasteiger partial charge on any atom is 0.341 e. The third-order valence-electron chi connectivity index (χ3n) is 4.51. The van der Waals surface area contributed by atoms with E-state index < -0.39 is 11.4 Å². The van der Waals surface area contributed by atoms with Crippen LogP contribution in [0.5, 0.6) is 0 Å². The van der Waals surface area contributed by atoms with Crippen LogP contribution in [-0.4, -0.2) is 44.0 Å². The molecule has 0 aliphatic carbocycles. The van der Waals surface area contributed by atoms with Crippen LogP contribution in [0.25, 0.3) is 4.96 Å². The molecule has 9 nitrogen and oxygen atoms in total. The van der Waals surface area contributed by atoms with Crippen LogP contribution in [0.4, 0.5) is 5.00 Å². The minimum absolute atomic E-state index is 0.0643. The van der Waals surface area contributed by atoms with E-state index in [1.54, 1.807) is 6.92 Å². The maximum absolute atomic E-state index is 12.7. The fourth-order valence-corrected chi connectivity index (χ4v) is 5.77. The Morgan fingerprint density at radius 2 is 1.91 bits per heavy atom. The molecular weight excluding hydrogens is 470 g/mol. The second-order valence-electron chi connectivity index (χ2n) is 7.93. The van der Waals surface area contributed by atoms with Gasteiger partial charge in [0.05, 0.1) is 17.9 Å². The number of fused-ring (bicyclic) bond motifs is 1. The van der Waals surface area contributed by atoms with Crippen LogP contribution in [0.3, 0.4) is 0 Å². The largest absolute Gasteiger partial charge is 0.462 e. The first-order valence-electron chi connectivity index (χ1n) is 10.1. The van der Waals surface area contributed by atoms with Crippen LogP contribution in [0.1, 0.15) is 61.1 Å². The zero-order chi connectivity index (χ0) is 23.6. The van der Waals surface area contributed by atoms with Gasteiger partial charge in [0.15, 0.2) is 4.34 Å². The highest BCUT2D eigenvalue weighted by Crippen LogP contribution is 2.34. The van der Waals surface area contributed by atoms with Crippen molar-refractivity contribution in [1.82, 2.24) is 19.8 Å². The first kappa shape index (κ1) is 24.3. The molecule has 0 saturated heterocycles. The lowest BCUT2D eigenvalue weighted by atomic mass is 9.93. The van der Waals surface area contributed by atoms with Gasteiger partial charge in [0.2, 0.25) is 10.9 Å². The van der Waals surface area contributed by atoms with Crippen molar-refractivity contribution in [2.24, 2.45) is 0 Å². The average molecular weight is 496 g/mol. The van der Waals surface area contributed by atoms with Gasteiger partial charge in [0.25, 0.3) is 5.56 Å². The fourth-order valence-electron chi connectivity index (χ4n) is 2.95. The molecule has 0 radical (unpaired) electrons. The number of carbonyl (C=O) groups is 2. The van der Waals surface area contributed by atoms with Gasteiger partial charge in [-0.25, -0.2) is 4.79 Å². The average Bonchev–Trinajstić information content (AvgIpc) is 3.27. The topological polar surface area (TPSA) is 116 Å². The number of nitrogens with one attached hydrogen (secondary N) is 1. The number of esters is 1. The van der Waals surface area contributed by atoms with E-state index in [1.807, 2.05) is 34.6 Å². The van der Waals surface area contributed by atoms with Crippen LogP contribution in [0.2, 0.25) is 0 Å². The van der Waals surface area contributed by atoms with E-state index in [0.29, 0.717) is 25.6 Å². The Morgan fingerprint density at radius 3 is 2.53 bits per heavy atom. The molecule has 32 heavy (non-hydrogen) atoms. The summed E-state index contributed by atoms with van der Waals surface area (Å²) < 4.78 is 6.91. The van der Waals surface area contributed by atoms with Crippen molar-refractivity contribution in [1.29, 1.82) is 0 Å². The Kier molecular flexibility index (Phi) is 7.36. The quantitative estimate of drug-likeness (QED) is 0.390. The lowest BCUT2D eigenvalue weighted by Crippen LogP contribution is -2.30. The van der Waals surface area contributed by atoms with Gasteiger partial charge in [-0.15, -0.1) is 26.6 Å². The van der Waals surface area contributed by atoms with Crippen molar-refractivity contribution in [3.8, 4) is 0 Å². The van der Waals surface area contributed by atoms with E-state index in [9.17, 15) is 14.4 Å². The first-order chi connectivity index (χ1) is 15.1. The lowest BCUT2D eigenvalue weighted by molar-refractivity contribution is -0.113. The molecule has 172 valence electrons. The standard InChI is InChI=1S/C20H25N5O4S3/c1-7-11-10(3)13(17(28)29-8-2)15(31-11)21-12(26)9-30-19-24-25-16(27)14(20(4,5)6)22-23-18(25)32-19/h7-9H2,1-6H3,(H,21,26). The molecule has 0 aliphatic heterocycles. The van der Waals surface area contributed by atoms with Crippen LogP contribution >= 0.6 is 34.4 Å². The van der Waals surface area contributed by atoms with Gasteiger partial charge in [-0.2, -0.15) is 4.52 Å². The number of anilines is 1. The van der Waals surface area contributed by atoms with Gasteiger partial charge >= 0.3 is 5.97 Å². The Morgan fingerprint density at radius 1 is 1.19 bits per heavy atom. The Labute approximate surface area is 197 Å². The number of thiophene rings is 1. The van der Waals surface area contributed by atoms with Crippen molar-refractivity contribution < 1.29 is 14.3 Å². The second kappa shape index (κ2) is 9.67. The lowest BCUT2D eigenvalue weighted by Gasteiger charge is -2.14. The molecule has 3 aromatic rings. The highest BCUT2D eigenvalue weighted by atomic mass is 32.2. The molecule has 3 aromatic heterocycles. The minimum Gasteiger partial charge on any atom is -0.462 e.